The van der Waals surface area contributed by atoms with Crippen molar-refractivity contribution >= 4 is 15.9 Å². The van der Waals surface area contributed by atoms with Crippen molar-refractivity contribution in [3.63, 3.8) is 0 Å². The molecule has 0 aliphatic heterocycles. The number of benzene rings is 1. The SMILES string of the molecule is COCCn1ncc(Br)c1C(C)(O)c1cccc(C)c1. The van der Waals surface area contributed by atoms with Gasteiger partial charge in [-0.3, -0.25) is 4.68 Å². The van der Waals surface area contributed by atoms with Crippen LogP contribution in [0.5, 0.6) is 0 Å². The number of nitrogens with zero attached hydrogens (tertiary/aromatic N) is 2. The Bertz CT molecular complexity index is 593. The van der Waals surface area contributed by atoms with Crippen molar-refractivity contribution < 1.29 is 9.84 Å². The summed E-state index contributed by atoms with van der Waals surface area (Å²) in [6, 6.07) is 7.87. The van der Waals surface area contributed by atoms with Gasteiger partial charge in [-0.1, -0.05) is 29.8 Å². The van der Waals surface area contributed by atoms with Crippen molar-refractivity contribution in [2.45, 2.75) is 26.0 Å². The van der Waals surface area contributed by atoms with Gasteiger partial charge in [-0.25, -0.2) is 0 Å². The third kappa shape index (κ3) is 2.95. The molecule has 0 aliphatic carbocycles. The maximum Gasteiger partial charge on any atom is 0.129 e. The van der Waals surface area contributed by atoms with Crippen molar-refractivity contribution in [2.24, 2.45) is 0 Å². The fourth-order valence-electron chi connectivity index (χ4n) is 2.28. The van der Waals surface area contributed by atoms with Gasteiger partial charge in [0.05, 0.1) is 29.5 Å². The fourth-order valence-corrected chi connectivity index (χ4v) is 2.96. The van der Waals surface area contributed by atoms with Crippen LogP contribution in [0.3, 0.4) is 0 Å². The maximum atomic E-state index is 11.0. The van der Waals surface area contributed by atoms with E-state index in [2.05, 4.69) is 21.0 Å². The second kappa shape index (κ2) is 6.08. The van der Waals surface area contributed by atoms with Crippen molar-refractivity contribution in [2.75, 3.05) is 13.7 Å². The van der Waals surface area contributed by atoms with E-state index in [1.54, 1.807) is 24.9 Å². The standard InChI is InChI=1S/C15H19BrN2O2/c1-11-5-4-6-12(9-11)15(2,19)14-13(16)10-17-18(14)7-8-20-3/h4-6,9-10,19H,7-8H2,1-3H3. The van der Waals surface area contributed by atoms with E-state index in [-0.39, 0.29) is 0 Å². The quantitative estimate of drug-likeness (QED) is 0.911. The van der Waals surface area contributed by atoms with Crippen LogP contribution in [0.4, 0.5) is 0 Å². The molecular weight excluding hydrogens is 320 g/mol. The molecule has 4 nitrogen and oxygen atoms in total. The number of aromatic nitrogens is 2. The van der Waals surface area contributed by atoms with E-state index in [0.29, 0.717) is 13.2 Å². The number of methoxy groups -OCH3 is 1. The van der Waals surface area contributed by atoms with Crippen molar-refractivity contribution in [3.8, 4) is 0 Å². The highest BCUT2D eigenvalue weighted by molar-refractivity contribution is 9.10. The van der Waals surface area contributed by atoms with Gasteiger partial charge in [-0.15, -0.1) is 0 Å². The lowest BCUT2D eigenvalue weighted by atomic mass is 9.91. The molecule has 1 aromatic carbocycles. The number of hydrogen-bond donors (Lipinski definition) is 1. The molecule has 0 amide bonds. The van der Waals surface area contributed by atoms with Gasteiger partial charge in [0.25, 0.3) is 0 Å². The molecule has 1 atom stereocenters. The van der Waals surface area contributed by atoms with Crippen LogP contribution in [0.2, 0.25) is 0 Å². The first-order valence-corrected chi connectivity index (χ1v) is 7.26. The van der Waals surface area contributed by atoms with E-state index in [9.17, 15) is 5.11 Å². The first kappa shape index (κ1) is 15.2. The molecule has 1 heterocycles. The number of ether oxygens (including phenoxy) is 1. The third-order valence-electron chi connectivity index (χ3n) is 3.34. The molecule has 0 spiro atoms. The maximum absolute atomic E-state index is 11.0. The molecule has 20 heavy (non-hydrogen) atoms. The summed E-state index contributed by atoms with van der Waals surface area (Å²) in [6.07, 6.45) is 1.70. The van der Waals surface area contributed by atoms with Gasteiger partial charge >= 0.3 is 0 Å². The van der Waals surface area contributed by atoms with Gasteiger partial charge in [0.15, 0.2) is 0 Å². The largest absolute Gasteiger partial charge is 0.383 e. The number of aliphatic hydroxyl groups is 1. The Hall–Kier alpha value is -1.17. The fraction of sp³-hybridized carbons (Fsp3) is 0.400. The van der Waals surface area contributed by atoms with Gasteiger partial charge < -0.3 is 9.84 Å². The lowest BCUT2D eigenvalue weighted by Gasteiger charge is -2.26. The smallest absolute Gasteiger partial charge is 0.129 e. The average molecular weight is 339 g/mol. The summed E-state index contributed by atoms with van der Waals surface area (Å²) in [4.78, 5) is 0. The molecule has 2 rings (SSSR count). The molecule has 5 heteroatoms. The number of aryl methyl sites for hydroxylation is 1. The topological polar surface area (TPSA) is 47.3 Å². The van der Waals surface area contributed by atoms with Gasteiger partial charge in [0, 0.05) is 7.11 Å². The summed E-state index contributed by atoms with van der Waals surface area (Å²) in [5.74, 6) is 0. The van der Waals surface area contributed by atoms with Gasteiger partial charge in [0.2, 0.25) is 0 Å². The van der Waals surface area contributed by atoms with Crippen LogP contribution in [0.1, 0.15) is 23.7 Å². The summed E-state index contributed by atoms with van der Waals surface area (Å²) >= 11 is 3.48. The van der Waals surface area contributed by atoms with E-state index in [1.165, 1.54) is 0 Å². The van der Waals surface area contributed by atoms with Crippen LogP contribution in [-0.2, 0) is 16.9 Å². The monoisotopic (exact) mass is 338 g/mol. The first-order chi connectivity index (χ1) is 9.46. The van der Waals surface area contributed by atoms with E-state index in [0.717, 1.165) is 21.3 Å². The molecule has 0 saturated heterocycles. The third-order valence-corrected chi connectivity index (χ3v) is 3.92. The molecular formula is C15H19BrN2O2. The van der Waals surface area contributed by atoms with Crippen LogP contribution in [0, 0.1) is 6.92 Å². The average Bonchev–Trinajstić information content (AvgIpc) is 2.78. The number of hydrogen-bond acceptors (Lipinski definition) is 3. The summed E-state index contributed by atoms with van der Waals surface area (Å²) in [7, 11) is 1.65. The Labute approximate surface area is 127 Å². The molecule has 0 bridgehead atoms. The minimum atomic E-state index is -1.12. The highest BCUT2D eigenvalue weighted by atomic mass is 79.9. The Morgan fingerprint density at radius 3 is 2.85 bits per heavy atom. The lowest BCUT2D eigenvalue weighted by Crippen LogP contribution is -2.28. The van der Waals surface area contributed by atoms with Crippen LogP contribution >= 0.6 is 15.9 Å². The Balaban J connectivity index is 2.45. The zero-order chi connectivity index (χ0) is 14.8. The van der Waals surface area contributed by atoms with E-state index in [1.807, 2.05) is 31.2 Å². The molecule has 108 valence electrons. The van der Waals surface area contributed by atoms with Crippen molar-refractivity contribution in [1.29, 1.82) is 0 Å². The molecule has 1 aromatic heterocycles. The predicted molar refractivity (Wildman–Crippen MR) is 81.7 cm³/mol. The van der Waals surface area contributed by atoms with Crippen molar-refractivity contribution in [3.05, 3.63) is 51.8 Å². The zero-order valence-corrected chi connectivity index (χ0v) is 13.5. The van der Waals surface area contributed by atoms with E-state index < -0.39 is 5.60 Å². The highest BCUT2D eigenvalue weighted by Gasteiger charge is 2.32. The molecule has 1 N–H and O–H groups in total. The van der Waals surface area contributed by atoms with Crippen LogP contribution in [-0.4, -0.2) is 28.6 Å². The summed E-state index contributed by atoms with van der Waals surface area (Å²) in [5, 5.41) is 15.3. The number of halogens is 1. The van der Waals surface area contributed by atoms with Crippen LogP contribution in [0.25, 0.3) is 0 Å². The van der Waals surface area contributed by atoms with Gasteiger partial charge in [-0.2, -0.15) is 5.10 Å². The molecule has 2 aromatic rings. The van der Waals surface area contributed by atoms with Crippen molar-refractivity contribution in [1.82, 2.24) is 9.78 Å². The Morgan fingerprint density at radius 2 is 2.20 bits per heavy atom. The Morgan fingerprint density at radius 1 is 1.45 bits per heavy atom. The normalized spacial score (nSPS) is 14.2. The minimum Gasteiger partial charge on any atom is -0.383 e. The second-order valence-electron chi connectivity index (χ2n) is 5.00. The van der Waals surface area contributed by atoms with Gasteiger partial charge in [-0.05, 0) is 35.3 Å². The Kier molecular flexibility index (Phi) is 4.62. The predicted octanol–water partition coefficient (Wildman–Crippen LogP) is 2.86. The molecule has 1 unspecified atom stereocenters. The first-order valence-electron chi connectivity index (χ1n) is 6.47. The molecule has 0 aliphatic rings. The molecule has 0 fully saturated rings. The highest BCUT2D eigenvalue weighted by Crippen LogP contribution is 2.34. The summed E-state index contributed by atoms with van der Waals surface area (Å²) in [6.45, 7) is 4.94. The summed E-state index contributed by atoms with van der Waals surface area (Å²) < 4.78 is 7.66. The molecule has 0 saturated carbocycles. The number of rotatable bonds is 5. The van der Waals surface area contributed by atoms with Gasteiger partial charge in [0.1, 0.15) is 5.60 Å². The lowest BCUT2D eigenvalue weighted by molar-refractivity contribution is 0.0874. The second-order valence-corrected chi connectivity index (χ2v) is 5.85. The minimum absolute atomic E-state index is 0.547. The van der Waals surface area contributed by atoms with E-state index in [4.69, 9.17) is 4.74 Å². The zero-order valence-electron chi connectivity index (χ0n) is 11.9. The molecule has 0 radical (unpaired) electrons. The van der Waals surface area contributed by atoms with E-state index >= 15 is 0 Å². The summed E-state index contributed by atoms with van der Waals surface area (Å²) in [5.41, 5.74) is 1.58. The van der Waals surface area contributed by atoms with Crippen LogP contribution in [0.15, 0.2) is 34.9 Å². The van der Waals surface area contributed by atoms with Crippen LogP contribution < -0.4 is 0 Å².